The highest BCUT2D eigenvalue weighted by Crippen LogP contribution is 2.33. The van der Waals surface area contributed by atoms with Crippen LogP contribution in [-0.2, 0) is 0 Å². The lowest BCUT2D eigenvalue weighted by molar-refractivity contribution is 0.0689. The second-order valence-electron chi connectivity index (χ2n) is 6.31. The molecule has 3 rings (SSSR count). The van der Waals surface area contributed by atoms with E-state index < -0.39 is 5.97 Å². The molecule has 0 bridgehead atoms. The molecule has 1 amide bonds. The van der Waals surface area contributed by atoms with Crippen LogP contribution >= 0.6 is 0 Å². The quantitative estimate of drug-likeness (QED) is 0.942. The van der Waals surface area contributed by atoms with Gasteiger partial charge in [-0.05, 0) is 43.5 Å². The maximum atomic E-state index is 12.8. The minimum atomic E-state index is -1.13. The van der Waals surface area contributed by atoms with E-state index in [2.05, 4.69) is 24.0 Å². The number of pyridine rings is 1. The predicted octanol–water partition coefficient (Wildman–Crippen LogP) is 3.11. The van der Waals surface area contributed by atoms with Gasteiger partial charge >= 0.3 is 5.97 Å². The fourth-order valence-electron chi connectivity index (χ4n) is 3.40. The summed E-state index contributed by atoms with van der Waals surface area (Å²) in [5.74, 6) is -1.04. The second kappa shape index (κ2) is 6.43. The number of benzene rings is 1. The molecule has 124 valence electrons. The van der Waals surface area contributed by atoms with E-state index in [1.807, 2.05) is 19.1 Å². The van der Waals surface area contributed by atoms with Gasteiger partial charge in [0.15, 0.2) is 0 Å². The van der Waals surface area contributed by atoms with Gasteiger partial charge in [0.2, 0.25) is 0 Å². The summed E-state index contributed by atoms with van der Waals surface area (Å²) in [6, 6.07) is 12.9. The summed E-state index contributed by atoms with van der Waals surface area (Å²) < 4.78 is 0. The first-order valence-corrected chi connectivity index (χ1v) is 8.04. The third kappa shape index (κ3) is 3.02. The van der Waals surface area contributed by atoms with Crippen molar-refractivity contribution in [2.45, 2.75) is 32.2 Å². The van der Waals surface area contributed by atoms with Gasteiger partial charge in [-0.25, -0.2) is 9.78 Å². The van der Waals surface area contributed by atoms with Crippen molar-refractivity contribution < 1.29 is 14.7 Å². The van der Waals surface area contributed by atoms with Gasteiger partial charge in [-0.3, -0.25) is 4.79 Å². The molecule has 2 aromatic rings. The van der Waals surface area contributed by atoms with Crippen LogP contribution < -0.4 is 0 Å². The molecule has 0 spiro atoms. The van der Waals surface area contributed by atoms with Crippen LogP contribution in [0.4, 0.5) is 0 Å². The van der Waals surface area contributed by atoms with Gasteiger partial charge in [0.25, 0.3) is 5.91 Å². The van der Waals surface area contributed by atoms with E-state index in [-0.39, 0.29) is 23.3 Å². The van der Waals surface area contributed by atoms with Gasteiger partial charge in [-0.2, -0.15) is 0 Å². The number of hydrogen-bond donors (Lipinski definition) is 1. The smallest absolute Gasteiger partial charge is 0.354 e. The van der Waals surface area contributed by atoms with E-state index in [1.54, 1.807) is 17.0 Å². The molecule has 24 heavy (non-hydrogen) atoms. The van der Waals surface area contributed by atoms with Crippen LogP contribution in [-0.4, -0.2) is 39.5 Å². The summed E-state index contributed by atoms with van der Waals surface area (Å²) in [6.45, 7) is 4.74. The number of carbonyl (C=O) groups excluding carboxylic acids is 1. The molecule has 2 heterocycles. The standard InChI is InChI=1S/C19H20N2O3/c1-12-6-3-4-7-15(12)14-10-13(2)21(11-14)18(22)16-8-5-9-17(20-16)19(23)24/h3-9,13-14H,10-11H2,1-2H3,(H,23,24). The summed E-state index contributed by atoms with van der Waals surface area (Å²) in [7, 11) is 0. The summed E-state index contributed by atoms with van der Waals surface area (Å²) >= 11 is 0. The Balaban J connectivity index is 1.83. The molecule has 5 nitrogen and oxygen atoms in total. The number of carboxylic acid groups (broad SMARTS) is 1. The van der Waals surface area contributed by atoms with E-state index in [0.29, 0.717) is 12.5 Å². The maximum Gasteiger partial charge on any atom is 0.354 e. The van der Waals surface area contributed by atoms with Crippen molar-refractivity contribution in [2.24, 2.45) is 0 Å². The summed E-state index contributed by atoms with van der Waals surface area (Å²) in [5, 5.41) is 9.04. The Bertz CT molecular complexity index is 788. The third-order valence-corrected chi connectivity index (χ3v) is 4.65. The number of hydrogen-bond acceptors (Lipinski definition) is 3. The van der Waals surface area contributed by atoms with E-state index >= 15 is 0 Å². The van der Waals surface area contributed by atoms with Gasteiger partial charge < -0.3 is 10.0 Å². The highest BCUT2D eigenvalue weighted by atomic mass is 16.4. The van der Waals surface area contributed by atoms with Crippen LogP contribution in [0, 0.1) is 6.92 Å². The van der Waals surface area contributed by atoms with E-state index in [0.717, 1.165) is 6.42 Å². The summed E-state index contributed by atoms with van der Waals surface area (Å²) in [5.41, 5.74) is 2.58. The van der Waals surface area contributed by atoms with Gasteiger partial charge in [0, 0.05) is 18.5 Å². The molecule has 0 radical (unpaired) electrons. The number of likely N-dealkylation sites (tertiary alicyclic amines) is 1. The second-order valence-corrected chi connectivity index (χ2v) is 6.31. The normalized spacial score (nSPS) is 20.2. The number of rotatable bonds is 3. The molecule has 1 aliphatic heterocycles. The number of aryl methyl sites for hydroxylation is 1. The van der Waals surface area contributed by atoms with Crippen LogP contribution in [0.2, 0.25) is 0 Å². The maximum absolute atomic E-state index is 12.8. The number of carboxylic acids is 1. The fraction of sp³-hybridized carbons (Fsp3) is 0.316. The molecule has 1 aliphatic rings. The molecule has 5 heteroatoms. The average molecular weight is 324 g/mol. The highest BCUT2D eigenvalue weighted by molar-refractivity contribution is 5.94. The summed E-state index contributed by atoms with van der Waals surface area (Å²) in [4.78, 5) is 29.6. The van der Waals surface area contributed by atoms with Gasteiger partial charge in [0.05, 0.1) is 0 Å². The van der Waals surface area contributed by atoms with Crippen molar-refractivity contribution in [3.63, 3.8) is 0 Å². The first-order valence-electron chi connectivity index (χ1n) is 8.04. The Morgan fingerprint density at radius 2 is 1.83 bits per heavy atom. The average Bonchev–Trinajstić information content (AvgIpc) is 2.96. The minimum Gasteiger partial charge on any atom is -0.477 e. The van der Waals surface area contributed by atoms with E-state index in [9.17, 15) is 9.59 Å². The minimum absolute atomic E-state index is 0.0948. The molecule has 1 aromatic heterocycles. The Hall–Kier alpha value is -2.69. The van der Waals surface area contributed by atoms with E-state index in [1.165, 1.54) is 17.2 Å². The van der Waals surface area contributed by atoms with Crippen molar-refractivity contribution in [2.75, 3.05) is 6.54 Å². The van der Waals surface area contributed by atoms with Crippen LogP contribution in [0.3, 0.4) is 0 Å². The van der Waals surface area contributed by atoms with Gasteiger partial charge in [0.1, 0.15) is 11.4 Å². The van der Waals surface area contributed by atoms with Gasteiger partial charge in [-0.15, -0.1) is 0 Å². The lowest BCUT2D eigenvalue weighted by atomic mass is 9.93. The molecule has 1 saturated heterocycles. The first kappa shape index (κ1) is 16.2. The zero-order valence-electron chi connectivity index (χ0n) is 13.8. The van der Waals surface area contributed by atoms with Crippen molar-refractivity contribution in [1.29, 1.82) is 0 Å². The predicted molar refractivity (Wildman–Crippen MR) is 90.2 cm³/mol. The Labute approximate surface area is 140 Å². The lowest BCUT2D eigenvalue weighted by Gasteiger charge is -2.21. The Kier molecular flexibility index (Phi) is 4.34. The van der Waals surface area contributed by atoms with Crippen LogP contribution in [0.25, 0.3) is 0 Å². The van der Waals surface area contributed by atoms with Crippen molar-refractivity contribution in [1.82, 2.24) is 9.88 Å². The number of carbonyl (C=O) groups is 2. The Morgan fingerprint density at radius 1 is 1.12 bits per heavy atom. The molecule has 0 saturated carbocycles. The number of aromatic nitrogens is 1. The SMILES string of the molecule is Cc1ccccc1C1CC(C)N(C(=O)c2cccc(C(=O)O)n2)C1. The third-order valence-electron chi connectivity index (χ3n) is 4.65. The molecule has 2 unspecified atom stereocenters. The van der Waals surface area contributed by atoms with Crippen molar-refractivity contribution >= 4 is 11.9 Å². The summed E-state index contributed by atoms with van der Waals surface area (Å²) in [6.07, 6.45) is 0.898. The van der Waals surface area contributed by atoms with Crippen LogP contribution in [0.5, 0.6) is 0 Å². The number of nitrogens with zero attached hydrogens (tertiary/aromatic N) is 2. The zero-order valence-corrected chi connectivity index (χ0v) is 13.8. The van der Waals surface area contributed by atoms with Crippen molar-refractivity contribution in [3.8, 4) is 0 Å². The number of amides is 1. The van der Waals surface area contributed by atoms with Crippen molar-refractivity contribution in [3.05, 3.63) is 65.0 Å². The Morgan fingerprint density at radius 3 is 2.54 bits per heavy atom. The lowest BCUT2D eigenvalue weighted by Crippen LogP contribution is -2.34. The molecular formula is C19H20N2O3. The van der Waals surface area contributed by atoms with E-state index in [4.69, 9.17) is 5.11 Å². The van der Waals surface area contributed by atoms with Crippen LogP contribution in [0.1, 0.15) is 51.4 Å². The van der Waals surface area contributed by atoms with Gasteiger partial charge in [-0.1, -0.05) is 30.3 Å². The molecule has 1 N–H and O–H groups in total. The molecule has 0 aliphatic carbocycles. The molecule has 2 atom stereocenters. The molecular weight excluding hydrogens is 304 g/mol. The fourth-order valence-corrected chi connectivity index (χ4v) is 3.40. The largest absolute Gasteiger partial charge is 0.477 e. The topological polar surface area (TPSA) is 70.5 Å². The zero-order chi connectivity index (χ0) is 17.3. The molecule has 1 aromatic carbocycles. The van der Waals surface area contributed by atoms with Crippen LogP contribution in [0.15, 0.2) is 42.5 Å². The first-order chi connectivity index (χ1) is 11.5. The number of aromatic carboxylic acids is 1. The highest BCUT2D eigenvalue weighted by Gasteiger charge is 2.34. The molecule has 1 fully saturated rings. The monoisotopic (exact) mass is 324 g/mol.